The van der Waals surface area contributed by atoms with E-state index < -0.39 is 0 Å². The average Bonchev–Trinajstić information content (AvgIpc) is 2.44. The molecule has 0 aliphatic carbocycles. The number of ether oxygens (including phenoxy) is 3. The van der Waals surface area contributed by atoms with Gasteiger partial charge in [-0.1, -0.05) is 6.92 Å². The summed E-state index contributed by atoms with van der Waals surface area (Å²) in [6.45, 7) is 3.99. The molecule has 1 aromatic rings. The average molecular weight is 251 g/mol. The molecule has 0 aromatic heterocycles. The predicted octanol–water partition coefficient (Wildman–Crippen LogP) is 1.84. The number of rotatable bonds is 4. The van der Waals surface area contributed by atoms with E-state index in [0.717, 1.165) is 35.7 Å². The monoisotopic (exact) mass is 251 g/mol. The highest BCUT2D eigenvalue weighted by Crippen LogP contribution is 2.40. The van der Waals surface area contributed by atoms with E-state index in [4.69, 9.17) is 19.9 Å². The van der Waals surface area contributed by atoms with Crippen LogP contribution < -0.4 is 15.2 Å². The van der Waals surface area contributed by atoms with Gasteiger partial charge in [-0.3, -0.25) is 0 Å². The molecule has 18 heavy (non-hydrogen) atoms. The van der Waals surface area contributed by atoms with Crippen molar-refractivity contribution in [1.29, 1.82) is 0 Å². The van der Waals surface area contributed by atoms with Gasteiger partial charge in [-0.25, -0.2) is 0 Å². The van der Waals surface area contributed by atoms with Gasteiger partial charge in [0.2, 0.25) is 0 Å². The van der Waals surface area contributed by atoms with E-state index in [1.165, 1.54) is 5.56 Å². The summed E-state index contributed by atoms with van der Waals surface area (Å²) in [6.07, 6.45) is 0.867. The molecule has 1 heterocycles. The third kappa shape index (κ3) is 2.18. The van der Waals surface area contributed by atoms with Crippen LogP contribution in [-0.4, -0.2) is 27.4 Å². The van der Waals surface area contributed by atoms with E-state index in [-0.39, 0.29) is 5.92 Å². The van der Waals surface area contributed by atoms with Crippen molar-refractivity contribution in [1.82, 2.24) is 0 Å². The number of hydrogen-bond acceptors (Lipinski definition) is 4. The summed E-state index contributed by atoms with van der Waals surface area (Å²) in [5.74, 6) is 2.06. The van der Waals surface area contributed by atoms with E-state index in [1.54, 1.807) is 14.2 Å². The first-order valence-electron chi connectivity index (χ1n) is 6.27. The Morgan fingerprint density at radius 2 is 2.11 bits per heavy atom. The lowest BCUT2D eigenvalue weighted by Gasteiger charge is -2.25. The van der Waals surface area contributed by atoms with Gasteiger partial charge >= 0.3 is 0 Å². The first-order chi connectivity index (χ1) is 8.72. The molecule has 0 fully saturated rings. The molecular formula is C14H21NO3. The molecule has 100 valence electrons. The van der Waals surface area contributed by atoms with Crippen LogP contribution in [-0.2, 0) is 17.8 Å². The molecule has 0 saturated heterocycles. The molecule has 1 atom stereocenters. The largest absolute Gasteiger partial charge is 0.496 e. The van der Waals surface area contributed by atoms with Gasteiger partial charge in [0.1, 0.15) is 11.5 Å². The van der Waals surface area contributed by atoms with Crippen LogP contribution >= 0.6 is 0 Å². The maximum atomic E-state index is 5.77. The van der Waals surface area contributed by atoms with Crippen molar-refractivity contribution in [3.05, 3.63) is 22.8 Å². The molecule has 1 aliphatic rings. The lowest BCUT2D eigenvalue weighted by Crippen LogP contribution is -2.16. The molecule has 0 amide bonds. The van der Waals surface area contributed by atoms with E-state index in [9.17, 15) is 0 Å². The molecule has 0 radical (unpaired) electrons. The maximum absolute atomic E-state index is 5.77. The second-order valence-electron chi connectivity index (χ2n) is 4.60. The molecule has 4 nitrogen and oxygen atoms in total. The van der Waals surface area contributed by atoms with E-state index in [1.807, 2.05) is 0 Å². The molecule has 1 unspecified atom stereocenters. The molecule has 0 bridgehead atoms. The Labute approximate surface area is 108 Å². The summed E-state index contributed by atoms with van der Waals surface area (Å²) in [4.78, 5) is 0. The van der Waals surface area contributed by atoms with Gasteiger partial charge in [0.25, 0.3) is 0 Å². The van der Waals surface area contributed by atoms with Crippen LogP contribution in [0, 0.1) is 0 Å². The SMILES string of the molecule is COc1cc(C(C)CN)c(OC)c2c1CCOC2. The minimum atomic E-state index is 0.237. The number of fused-ring (bicyclic) bond motifs is 1. The zero-order valence-electron chi connectivity index (χ0n) is 11.3. The number of benzene rings is 1. The first kappa shape index (κ1) is 13.2. The molecule has 2 rings (SSSR count). The van der Waals surface area contributed by atoms with Crippen molar-refractivity contribution in [3.63, 3.8) is 0 Å². The molecule has 1 aliphatic heterocycles. The molecular weight excluding hydrogens is 230 g/mol. The number of methoxy groups -OCH3 is 2. The van der Waals surface area contributed by atoms with Crippen molar-refractivity contribution in [3.8, 4) is 11.5 Å². The van der Waals surface area contributed by atoms with Gasteiger partial charge in [0.05, 0.1) is 27.4 Å². The second kappa shape index (κ2) is 5.59. The van der Waals surface area contributed by atoms with Gasteiger partial charge in [-0.05, 0) is 24.9 Å². The normalized spacial score (nSPS) is 16.0. The summed E-state index contributed by atoms with van der Waals surface area (Å²) >= 11 is 0. The standard InChI is InChI=1S/C14H21NO3/c1-9(7-15)11-6-13(16-2)10-4-5-18-8-12(10)14(11)17-3/h6,9H,4-5,7-8,15H2,1-3H3. The van der Waals surface area contributed by atoms with Crippen molar-refractivity contribution in [2.45, 2.75) is 25.9 Å². The third-order valence-corrected chi connectivity index (χ3v) is 3.54. The molecule has 4 heteroatoms. The lowest BCUT2D eigenvalue weighted by atomic mass is 9.92. The van der Waals surface area contributed by atoms with Crippen molar-refractivity contribution < 1.29 is 14.2 Å². The molecule has 0 saturated carbocycles. The Morgan fingerprint density at radius 1 is 1.33 bits per heavy atom. The topological polar surface area (TPSA) is 53.7 Å². The van der Waals surface area contributed by atoms with Crippen LogP contribution in [0.1, 0.15) is 29.5 Å². The quantitative estimate of drug-likeness (QED) is 0.887. The summed E-state index contributed by atoms with van der Waals surface area (Å²) in [5.41, 5.74) is 9.18. The Morgan fingerprint density at radius 3 is 2.72 bits per heavy atom. The van der Waals surface area contributed by atoms with Crippen molar-refractivity contribution in [2.24, 2.45) is 5.73 Å². The van der Waals surface area contributed by atoms with Crippen molar-refractivity contribution in [2.75, 3.05) is 27.4 Å². The molecule has 1 aromatic carbocycles. The second-order valence-corrected chi connectivity index (χ2v) is 4.60. The van der Waals surface area contributed by atoms with E-state index in [0.29, 0.717) is 13.2 Å². The van der Waals surface area contributed by atoms with Gasteiger partial charge < -0.3 is 19.9 Å². The van der Waals surface area contributed by atoms with Gasteiger partial charge in [-0.2, -0.15) is 0 Å². The third-order valence-electron chi connectivity index (χ3n) is 3.54. The Bertz CT molecular complexity index is 432. The van der Waals surface area contributed by atoms with E-state index in [2.05, 4.69) is 13.0 Å². The Kier molecular flexibility index (Phi) is 4.09. The smallest absolute Gasteiger partial charge is 0.128 e. The fraction of sp³-hybridized carbons (Fsp3) is 0.571. The minimum absolute atomic E-state index is 0.237. The summed E-state index contributed by atoms with van der Waals surface area (Å²) in [6, 6.07) is 2.06. The first-order valence-corrected chi connectivity index (χ1v) is 6.27. The maximum Gasteiger partial charge on any atom is 0.128 e. The minimum Gasteiger partial charge on any atom is -0.496 e. The highest BCUT2D eigenvalue weighted by atomic mass is 16.5. The number of nitrogens with two attached hydrogens (primary N) is 1. The fourth-order valence-corrected chi connectivity index (χ4v) is 2.45. The predicted molar refractivity (Wildman–Crippen MR) is 70.4 cm³/mol. The van der Waals surface area contributed by atoms with Crippen LogP contribution in [0.5, 0.6) is 11.5 Å². The van der Waals surface area contributed by atoms with Crippen LogP contribution in [0.4, 0.5) is 0 Å². The van der Waals surface area contributed by atoms with Crippen LogP contribution in [0.25, 0.3) is 0 Å². The van der Waals surface area contributed by atoms with Gasteiger partial charge in [-0.15, -0.1) is 0 Å². The zero-order chi connectivity index (χ0) is 13.1. The Hall–Kier alpha value is -1.26. The summed E-state index contributed by atoms with van der Waals surface area (Å²) in [5, 5.41) is 0. The lowest BCUT2D eigenvalue weighted by molar-refractivity contribution is 0.107. The Balaban J connectivity index is 2.60. The highest BCUT2D eigenvalue weighted by Gasteiger charge is 2.24. The summed E-state index contributed by atoms with van der Waals surface area (Å²) < 4.78 is 16.6. The zero-order valence-corrected chi connectivity index (χ0v) is 11.3. The van der Waals surface area contributed by atoms with E-state index >= 15 is 0 Å². The van der Waals surface area contributed by atoms with Gasteiger partial charge in [0, 0.05) is 16.7 Å². The van der Waals surface area contributed by atoms with Crippen molar-refractivity contribution >= 4 is 0 Å². The molecule has 0 spiro atoms. The van der Waals surface area contributed by atoms with Crippen LogP contribution in [0.2, 0.25) is 0 Å². The van der Waals surface area contributed by atoms with Crippen LogP contribution in [0.3, 0.4) is 0 Å². The number of hydrogen-bond donors (Lipinski definition) is 1. The molecule has 2 N–H and O–H groups in total. The fourth-order valence-electron chi connectivity index (χ4n) is 2.45. The van der Waals surface area contributed by atoms with Crippen LogP contribution in [0.15, 0.2) is 6.07 Å². The summed E-state index contributed by atoms with van der Waals surface area (Å²) in [7, 11) is 3.40. The highest BCUT2D eigenvalue weighted by molar-refractivity contribution is 5.55. The van der Waals surface area contributed by atoms with Gasteiger partial charge in [0.15, 0.2) is 0 Å².